The van der Waals surface area contributed by atoms with E-state index in [1.807, 2.05) is 0 Å². The molecule has 0 bridgehead atoms. The lowest BCUT2D eigenvalue weighted by atomic mass is 9.95. The maximum atomic E-state index is 12.6. The van der Waals surface area contributed by atoms with E-state index in [-0.39, 0.29) is 17.9 Å². The van der Waals surface area contributed by atoms with Crippen LogP contribution in [0.4, 0.5) is 0 Å². The van der Waals surface area contributed by atoms with E-state index in [1.54, 1.807) is 54.6 Å². The average molecular weight is 354 g/mol. The van der Waals surface area contributed by atoms with E-state index in [9.17, 15) is 14.7 Å². The van der Waals surface area contributed by atoms with Crippen LogP contribution in [0.2, 0.25) is 5.02 Å². The molecule has 1 atom stereocenters. The lowest BCUT2D eigenvalue weighted by Gasteiger charge is -2.24. The van der Waals surface area contributed by atoms with E-state index in [4.69, 9.17) is 11.6 Å². The maximum absolute atomic E-state index is 12.6. The molecule has 0 saturated carbocycles. The minimum absolute atomic E-state index is 0.0335. The summed E-state index contributed by atoms with van der Waals surface area (Å²) in [4.78, 5) is 26.5. The summed E-state index contributed by atoms with van der Waals surface area (Å²) in [5, 5.41) is 11.1. The van der Waals surface area contributed by atoms with Gasteiger partial charge in [0.15, 0.2) is 0 Å². The predicted molar refractivity (Wildman–Crippen MR) is 97.1 cm³/mol. The molecule has 2 aromatic carbocycles. The van der Waals surface area contributed by atoms with Crippen LogP contribution in [0.5, 0.6) is 0 Å². The van der Waals surface area contributed by atoms with Gasteiger partial charge in [-0.1, -0.05) is 66.2 Å². The molecule has 1 N–H and O–H groups in total. The van der Waals surface area contributed by atoms with Crippen LogP contribution < -0.4 is 0 Å². The first-order valence-corrected chi connectivity index (χ1v) is 8.13. The number of hydrogen-bond acceptors (Lipinski definition) is 3. The molecule has 1 aliphatic heterocycles. The van der Waals surface area contributed by atoms with Crippen molar-refractivity contribution in [3.8, 4) is 0 Å². The molecule has 1 saturated heterocycles. The molecule has 1 fully saturated rings. The number of rotatable bonds is 4. The van der Waals surface area contributed by atoms with Crippen molar-refractivity contribution in [1.29, 1.82) is 0 Å². The van der Waals surface area contributed by atoms with Crippen molar-refractivity contribution < 1.29 is 14.7 Å². The summed E-state index contributed by atoms with van der Waals surface area (Å²) in [7, 11) is 0. The Morgan fingerprint density at radius 3 is 2.40 bits per heavy atom. The summed E-state index contributed by atoms with van der Waals surface area (Å²) in [5.41, 5.74) is 1.09. The fourth-order valence-corrected chi connectivity index (χ4v) is 3.22. The van der Waals surface area contributed by atoms with Gasteiger partial charge < -0.3 is 10.0 Å². The Hall–Kier alpha value is -2.85. The van der Waals surface area contributed by atoms with Crippen LogP contribution in [0.15, 0.2) is 72.8 Å². The van der Waals surface area contributed by atoms with Gasteiger partial charge in [-0.25, -0.2) is 0 Å². The fourth-order valence-electron chi connectivity index (χ4n) is 2.98. The minimum Gasteiger partial charge on any atom is -0.507 e. The fraction of sp³-hybridized carbons (Fsp3) is 0.100. The third-order valence-electron chi connectivity index (χ3n) is 4.11. The zero-order chi connectivity index (χ0) is 18.0. The number of aliphatic hydroxyl groups excluding tert-OH is 1. The van der Waals surface area contributed by atoms with E-state index < -0.39 is 17.7 Å². The van der Waals surface area contributed by atoms with Crippen LogP contribution in [-0.2, 0) is 9.59 Å². The average Bonchev–Trinajstić information content (AvgIpc) is 2.87. The molecule has 0 radical (unpaired) electrons. The van der Waals surface area contributed by atoms with Gasteiger partial charge in [-0.15, -0.1) is 6.58 Å². The zero-order valence-electron chi connectivity index (χ0n) is 13.4. The Labute approximate surface area is 150 Å². The molecule has 0 spiro atoms. The van der Waals surface area contributed by atoms with Crippen LogP contribution in [0.3, 0.4) is 0 Å². The number of amides is 1. The Morgan fingerprint density at radius 1 is 1.12 bits per heavy atom. The number of Topliss-reactive ketones (excluding diaryl/α,β-unsaturated/α-hetero) is 1. The second-order valence-corrected chi connectivity index (χ2v) is 6.03. The van der Waals surface area contributed by atoms with E-state index in [1.165, 1.54) is 11.0 Å². The van der Waals surface area contributed by atoms with Gasteiger partial charge in [-0.05, 0) is 11.6 Å². The van der Waals surface area contributed by atoms with Gasteiger partial charge in [-0.3, -0.25) is 9.59 Å². The van der Waals surface area contributed by atoms with Crippen LogP contribution >= 0.6 is 11.6 Å². The number of carbonyl (C=O) groups excluding carboxylic acids is 2. The van der Waals surface area contributed by atoms with E-state index >= 15 is 0 Å². The highest BCUT2D eigenvalue weighted by atomic mass is 35.5. The molecule has 1 heterocycles. The number of hydrogen-bond donors (Lipinski definition) is 1. The monoisotopic (exact) mass is 353 g/mol. The third kappa shape index (κ3) is 2.96. The molecule has 126 valence electrons. The molecule has 2 aromatic rings. The number of ketones is 1. The Bertz CT molecular complexity index is 874. The summed E-state index contributed by atoms with van der Waals surface area (Å²) >= 11 is 6.30. The second-order valence-electron chi connectivity index (χ2n) is 5.63. The van der Waals surface area contributed by atoms with E-state index in [2.05, 4.69) is 6.58 Å². The largest absolute Gasteiger partial charge is 0.507 e. The minimum atomic E-state index is -0.757. The number of benzene rings is 2. The smallest absolute Gasteiger partial charge is 0.295 e. The summed E-state index contributed by atoms with van der Waals surface area (Å²) in [5.74, 6) is -1.62. The zero-order valence-corrected chi connectivity index (χ0v) is 14.1. The van der Waals surface area contributed by atoms with E-state index in [0.717, 1.165) is 0 Å². The van der Waals surface area contributed by atoms with Crippen molar-refractivity contribution in [3.05, 3.63) is 89.0 Å². The molecule has 0 aliphatic carbocycles. The highest BCUT2D eigenvalue weighted by Crippen LogP contribution is 2.41. The van der Waals surface area contributed by atoms with Gasteiger partial charge in [0.2, 0.25) is 0 Å². The van der Waals surface area contributed by atoms with Crippen LogP contribution in [0.25, 0.3) is 5.76 Å². The van der Waals surface area contributed by atoms with Crippen molar-refractivity contribution in [3.63, 3.8) is 0 Å². The predicted octanol–water partition coefficient (Wildman–Crippen LogP) is 3.95. The first-order chi connectivity index (χ1) is 12.1. The number of likely N-dealkylation sites (tertiary alicyclic amines) is 1. The molecule has 3 rings (SSSR count). The number of halogens is 1. The summed E-state index contributed by atoms with van der Waals surface area (Å²) < 4.78 is 0. The van der Waals surface area contributed by atoms with Gasteiger partial charge in [0.1, 0.15) is 5.76 Å². The number of carbonyl (C=O) groups is 2. The summed E-state index contributed by atoms with van der Waals surface area (Å²) in [6.07, 6.45) is 1.54. The molecular weight excluding hydrogens is 338 g/mol. The molecule has 5 heteroatoms. The maximum Gasteiger partial charge on any atom is 0.295 e. The Kier molecular flexibility index (Phi) is 4.72. The molecular formula is C20H16ClNO3. The number of aliphatic hydroxyl groups is 1. The molecule has 4 nitrogen and oxygen atoms in total. The van der Waals surface area contributed by atoms with Crippen molar-refractivity contribution >= 4 is 29.1 Å². The van der Waals surface area contributed by atoms with Crippen molar-refractivity contribution in [2.45, 2.75) is 6.04 Å². The van der Waals surface area contributed by atoms with Gasteiger partial charge in [0.05, 0.1) is 11.6 Å². The highest BCUT2D eigenvalue weighted by molar-refractivity contribution is 6.47. The van der Waals surface area contributed by atoms with Crippen LogP contribution in [-0.4, -0.2) is 28.2 Å². The Morgan fingerprint density at radius 2 is 1.76 bits per heavy atom. The first kappa shape index (κ1) is 17.0. The lowest BCUT2D eigenvalue weighted by Crippen LogP contribution is -2.29. The molecule has 1 unspecified atom stereocenters. The summed E-state index contributed by atoms with van der Waals surface area (Å²) in [6, 6.07) is 14.9. The normalized spacial score (nSPS) is 19.2. The number of nitrogens with zero attached hydrogens (tertiary/aromatic N) is 1. The SMILES string of the molecule is C=CCN1C(=O)C(=O)C(=C(O)c2ccccc2)C1c1ccccc1Cl. The molecule has 25 heavy (non-hydrogen) atoms. The topological polar surface area (TPSA) is 57.6 Å². The van der Waals surface area contributed by atoms with Crippen molar-refractivity contribution in [1.82, 2.24) is 4.90 Å². The van der Waals surface area contributed by atoms with Gasteiger partial charge in [0.25, 0.3) is 11.7 Å². The van der Waals surface area contributed by atoms with Crippen LogP contribution in [0, 0.1) is 0 Å². The Balaban J connectivity index is 2.24. The highest BCUT2D eigenvalue weighted by Gasteiger charge is 2.46. The van der Waals surface area contributed by atoms with Crippen molar-refractivity contribution in [2.24, 2.45) is 0 Å². The second kappa shape index (κ2) is 6.95. The molecule has 0 aromatic heterocycles. The first-order valence-electron chi connectivity index (χ1n) is 7.75. The van der Waals surface area contributed by atoms with Gasteiger partial charge in [0, 0.05) is 17.1 Å². The third-order valence-corrected chi connectivity index (χ3v) is 4.46. The van der Waals surface area contributed by atoms with Crippen LogP contribution in [0.1, 0.15) is 17.2 Å². The summed E-state index contributed by atoms with van der Waals surface area (Å²) in [6.45, 7) is 3.82. The van der Waals surface area contributed by atoms with Gasteiger partial charge in [-0.2, -0.15) is 0 Å². The van der Waals surface area contributed by atoms with E-state index in [0.29, 0.717) is 16.1 Å². The quantitative estimate of drug-likeness (QED) is 0.392. The molecule has 1 amide bonds. The molecule has 1 aliphatic rings. The van der Waals surface area contributed by atoms with Crippen molar-refractivity contribution in [2.75, 3.05) is 6.54 Å². The lowest BCUT2D eigenvalue weighted by molar-refractivity contribution is -0.139. The van der Waals surface area contributed by atoms with Gasteiger partial charge >= 0.3 is 0 Å². The standard InChI is InChI=1S/C20H16ClNO3/c1-2-12-22-17(14-10-6-7-11-15(14)21)16(19(24)20(22)25)18(23)13-8-4-3-5-9-13/h2-11,17,23H,1,12H2.